The van der Waals surface area contributed by atoms with Crippen molar-refractivity contribution in [3.63, 3.8) is 0 Å². The number of likely N-dealkylation sites (tertiary alicyclic amines) is 1. The van der Waals surface area contributed by atoms with E-state index < -0.39 is 17.2 Å². The van der Waals surface area contributed by atoms with Crippen LogP contribution in [0.5, 0.6) is 0 Å². The van der Waals surface area contributed by atoms with E-state index in [9.17, 15) is 13.6 Å². The fourth-order valence-corrected chi connectivity index (χ4v) is 4.63. The summed E-state index contributed by atoms with van der Waals surface area (Å²) in [5, 5.41) is 4.84. The zero-order valence-electron chi connectivity index (χ0n) is 19.6. The molecule has 1 saturated heterocycles. The molecule has 1 aliphatic rings. The number of rotatable bonds is 8. The van der Waals surface area contributed by atoms with Crippen LogP contribution in [0.4, 0.5) is 8.78 Å². The van der Waals surface area contributed by atoms with Gasteiger partial charge in [0.1, 0.15) is 23.5 Å². The lowest BCUT2D eigenvalue weighted by molar-refractivity contribution is 0.00634. The SMILES string of the molecule is COCCN1CCC(ON=C(c2ccc(=O)n(-c3c(Cl)cccc3Cl)c2)c2ccc(F)cc2F)CC1. The number of hydrogen-bond acceptors (Lipinski definition) is 5. The first-order valence-electron chi connectivity index (χ1n) is 11.5. The molecule has 4 rings (SSSR count). The van der Waals surface area contributed by atoms with Crippen LogP contribution < -0.4 is 5.56 Å². The third-order valence-corrected chi connectivity index (χ3v) is 6.60. The quantitative estimate of drug-likeness (QED) is 0.290. The Hall–Kier alpha value is -2.78. The lowest BCUT2D eigenvalue weighted by Gasteiger charge is -2.30. The molecule has 0 saturated carbocycles. The highest BCUT2D eigenvalue weighted by Gasteiger charge is 2.22. The van der Waals surface area contributed by atoms with Crippen molar-refractivity contribution in [2.45, 2.75) is 18.9 Å². The number of hydrogen-bond donors (Lipinski definition) is 0. The fourth-order valence-electron chi connectivity index (χ4n) is 4.05. The molecule has 0 atom stereocenters. The Balaban J connectivity index is 1.69. The number of methoxy groups -OCH3 is 1. The number of para-hydroxylation sites is 1. The first-order chi connectivity index (χ1) is 17.4. The van der Waals surface area contributed by atoms with Gasteiger partial charge in [0.2, 0.25) is 0 Å². The van der Waals surface area contributed by atoms with Crippen molar-refractivity contribution < 1.29 is 18.4 Å². The fraction of sp³-hybridized carbons (Fsp3) is 0.308. The number of oxime groups is 1. The Morgan fingerprint density at radius 2 is 1.81 bits per heavy atom. The number of benzene rings is 2. The van der Waals surface area contributed by atoms with E-state index in [2.05, 4.69) is 10.1 Å². The number of pyridine rings is 1. The van der Waals surface area contributed by atoms with Crippen LogP contribution in [0.1, 0.15) is 24.0 Å². The lowest BCUT2D eigenvalue weighted by atomic mass is 10.0. The van der Waals surface area contributed by atoms with Crippen LogP contribution in [0.2, 0.25) is 10.0 Å². The number of nitrogens with zero attached hydrogens (tertiary/aromatic N) is 3. The molecule has 2 heterocycles. The minimum atomic E-state index is -0.805. The normalized spacial score (nSPS) is 15.3. The van der Waals surface area contributed by atoms with Crippen molar-refractivity contribution in [3.05, 3.63) is 97.9 Å². The summed E-state index contributed by atoms with van der Waals surface area (Å²) in [5.74, 6) is -1.52. The average molecular weight is 536 g/mol. The second-order valence-electron chi connectivity index (χ2n) is 8.40. The molecule has 0 radical (unpaired) electrons. The van der Waals surface area contributed by atoms with Gasteiger partial charge in [-0.25, -0.2) is 8.78 Å². The van der Waals surface area contributed by atoms with Crippen molar-refractivity contribution in [3.8, 4) is 5.69 Å². The van der Waals surface area contributed by atoms with E-state index in [-0.39, 0.29) is 33.1 Å². The summed E-state index contributed by atoms with van der Waals surface area (Å²) in [6.45, 7) is 3.13. The monoisotopic (exact) mass is 535 g/mol. The van der Waals surface area contributed by atoms with Crippen LogP contribution in [0.3, 0.4) is 0 Å². The van der Waals surface area contributed by atoms with Gasteiger partial charge in [-0.05, 0) is 43.2 Å². The summed E-state index contributed by atoms with van der Waals surface area (Å²) in [6.07, 6.45) is 2.77. The summed E-state index contributed by atoms with van der Waals surface area (Å²) in [5.41, 5.74) is 0.414. The van der Waals surface area contributed by atoms with Crippen LogP contribution in [0.15, 0.2) is 64.7 Å². The molecule has 0 N–H and O–H groups in total. The molecule has 0 bridgehead atoms. The molecule has 1 aliphatic heterocycles. The highest BCUT2D eigenvalue weighted by atomic mass is 35.5. The first-order valence-corrected chi connectivity index (χ1v) is 12.2. The average Bonchev–Trinajstić information content (AvgIpc) is 2.86. The molecule has 1 fully saturated rings. The summed E-state index contributed by atoms with van der Waals surface area (Å²) < 4.78 is 34.9. The van der Waals surface area contributed by atoms with Gasteiger partial charge in [-0.15, -0.1) is 0 Å². The molecule has 36 heavy (non-hydrogen) atoms. The van der Waals surface area contributed by atoms with Crippen molar-refractivity contribution in [2.24, 2.45) is 5.16 Å². The largest absolute Gasteiger partial charge is 0.392 e. The molecule has 3 aromatic rings. The maximum Gasteiger partial charge on any atom is 0.255 e. The summed E-state index contributed by atoms with van der Waals surface area (Å²) in [7, 11) is 1.67. The van der Waals surface area contributed by atoms with E-state index in [0.29, 0.717) is 12.2 Å². The summed E-state index contributed by atoms with van der Waals surface area (Å²) in [6, 6.07) is 10.9. The molecule has 0 amide bonds. The minimum Gasteiger partial charge on any atom is -0.392 e. The number of halogens is 4. The predicted octanol–water partition coefficient (Wildman–Crippen LogP) is 5.30. The highest BCUT2D eigenvalue weighted by Crippen LogP contribution is 2.28. The van der Waals surface area contributed by atoms with E-state index in [1.54, 1.807) is 25.3 Å². The third kappa shape index (κ3) is 6.13. The first kappa shape index (κ1) is 26.3. The van der Waals surface area contributed by atoms with Gasteiger partial charge in [0.25, 0.3) is 5.56 Å². The zero-order valence-corrected chi connectivity index (χ0v) is 21.1. The Bertz CT molecular complexity index is 1290. The summed E-state index contributed by atoms with van der Waals surface area (Å²) >= 11 is 12.6. The molecule has 190 valence electrons. The van der Waals surface area contributed by atoms with Crippen LogP contribution in [-0.2, 0) is 9.57 Å². The van der Waals surface area contributed by atoms with E-state index in [1.165, 1.54) is 29.0 Å². The van der Waals surface area contributed by atoms with Gasteiger partial charge in [-0.1, -0.05) is 34.4 Å². The van der Waals surface area contributed by atoms with Gasteiger partial charge in [-0.2, -0.15) is 0 Å². The third-order valence-electron chi connectivity index (χ3n) is 5.99. The van der Waals surface area contributed by atoms with Gasteiger partial charge in [0.05, 0.1) is 22.3 Å². The molecule has 2 aromatic carbocycles. The van der Waals surface area contributed by atoms with Crippen molar-refractivity contribution in [1.29, 1.82) is 0 Å². The van der Waals surface area contributed by atoms with E-state index in [1.807, 2.05) is 0 Å². The molecule has 0 unspecified atom stereocenters. The predicted molar refractivity (Wildman–Crippen MR) is 136 cm³/mol. The molecular weight excluding hydrogens is 511 g/mol. The van der Waals surface area contributed by atoms with Crippen LogP contribution in [0.25, 0.3) is 5.69 Å². The smallest absolute Gasteiger partial charge is 0.255 e. The van der Waals surface area contributed by atoms with E-state index in [4.69, 9.17) is 32.8 Å². The van der Waals surface area contributed by atoms with Gasteiger partial charge in [0, 0.05) is 56.2 Å². The topological polar surface area (TPSA) is 56.1 Å². The Kier molecular flexibility index (Phi) is 8.74. The number of ether oxygens (including phenoxy) is 1. The standard InChI is InChI=1S/C26H25Cl2F2N3O3/c1-35-14-13-32-11-9-19(10-12-32)36-31-25(20-7-6-18(29)15-23(20)30)17-5-8-24(34)33(16-17)26-21(27)3-2-4-22(26)28/h2-8,15-16,19H,9-14H2,1H3. The van der Waals surface area contributed by atoms with Crippen LogP contribution >= 0.6 is 23.2 Å². The second kappa shape index (κ2) is 12.0. The summed E-state index contributed by atoms with van der Waals surface area (Å²) in [4.78, 5) is 20.8. The van der Waals surface area contributed by atoms with Gasteiger partial charge >= 0.3 is 0 Å². The van der Waals surface area contributed by atoms with Crippen LogP contribution in [-0.4, -0.2) is 54.6 Å². The molecule has 6 nitrogen and oxygen atoms in total. The molecular formula is C26H25Cl2F2N3O3. The Morgan fingerprint density at radius 1 is 1.08 bits per heavy atom. The van der Waals surface area contributed by atoms with Gasteiger partial charge in [0.15, 0.2) is 0 Å². The van der Waals surface area contributed by atoms with Crippen molar-refractivity contribution in [2.75, 3.05) is 33.4 Å². The van der Waals surface area contributed by atoms with Crippen LogP contribution in [0, 0.1) is 11.6 Å². The number of aromatic nitrogens is 1. The van der Waals surface area contributed by atoms with Gasteiger partial charge in [-0.3, -0.25) is 9.36 Å². The maximum absolute atomic E-state index is 14.8. The lowest BCUT2D eigenvalue weighted by Crippen LogP contribution is -2.38. The molecule has 1 aromatic heterocycles. The minimum absolute atomic E-state index is 0.0318. The van der Waals surface area contributed by atoms with E-state index in [0.717, 1.165) is 44.6 Å². The second-order valence-corrected chi connectivity index (χ2v) is 9.21. The number of piperidine rings is 1. The van der Waals surface area contributed by atoms with Crippen molar-refractivity contribution in [1.82, 2.24) is 9.47 Å². The van der Waals surface area contributed by atoms with E-state index >= 15 is 0 Å². The molecule has 0 aliphatic carbocycles. The van der Waals surface area contributed by atoms with Gasteiger partial charge < -0.3 is 14.5 Å². The Morgan fingerprint density at radius 3 is 2.47 bits per heavy atom. The zero-order chi connectivity index (χ0) is 25.7. The van der Waals surface area contributed by atoms with Crippen molar-refractivity contribution >= 4 is 28.9 Å². The maximum atomic E-state index is 14.8. The molecule has 10 heteroatoms. The molecule has 0 spiro atoms. The Labute approximate surface area is 217 Å². The highest BCUT2D eigenvalue weighted by molar-refractivity contribution is 6.37.